The molecule has 0 bridgehead atoms. The summed E-state index contributed by atoms with van der Waals surface area (Å²) < 4.78 is 88.0. The highest BCUT2D eigenvalue weighted by Gasteiger charge is 2.45. The molecule has 1 saturated heterocycles. The fourth-order valence-electron chi connectivity index (χ4n) is 8.92. The van der Waals surface area contributed by atoms with E-state index in [0.29, 0.717) is 48.8 Å². The molecule has 33 heteroatoms. The maximum atomic E-state index is 13.3. The van der Waals surface area contributed by atoms with Crippen molar-refractivity contribution < 1.29 is 104 Å². The van der Waals surface area contributed by atoms with E-state index in [1.165, 1.54) is 32.6 Å². The number of aromatic carboxylic acids is 1. The normalized spacial score (nSPS) is 19.0. The largest absolute Gasteiger partial charge is 0.490 e. The molecule has 0 radical (unpaired) electrons. The Bertz CT molecular complexity index is 3270. The zero-order chi connectivity index (χ0) is 63.7. The minimum atomic E-state index is -5.77. The molecule has 87 heavy (non-hydrogen) atoms. The number of ether oxygens (including phenoxy) is 6. The van der Waals surface area contributed by atoms with E-state index in [9.17, 15) is 47.8 Å². The highest BCUT2D eigenvalue weighted by Crippen LogP contribution is 2.66. The van der Waals surface area contributed by atoms with Gasteiger partial charge in [0.15, 0.2) is 0 Å². The average molecular weight is 1320 g/mol. The van der Waals surface area contributed by atoms with Crippen molar-refractivity contribution in [1.29, 1.82) is 0 Å². The molecular formula is C54H77N6O22P3S2. The lowest BCUT2D eigenvalue weighted by molar-refractivity contribution is -0.122. The fraction of sp³-hybridized carbons (Fsp3) is 0.537. The van der Waals surface area contributed by atoms with Gasteiger partial charge in [-0.1, -0.05) is 27.7 Å². The maximum Gasteiger partial charge on any atom is 0.490 e. The molecule has 3 heterocycles. The van der Waals surface area contributed by atoms with Crippen molar-refractivity contribution in [2.75, 3.05) is 96.9 Å². The number of hydrogen-bond donors (Lipinski definition) is 9. The number of benzene rings is 3. The number of amides is 4. The van der Waals surface area contributed by atoms with Crippen LogP contribution in [-0.4, -0.2) is 174 Å². The quantitative estimate of drug-likeness (QED) is 0.00701. The van der Waals surface area contributed by atoms with Gasteiger partial charge in [0, 0.05) is 89.9 Å². The molecule has 1 aliphatic carbocycles. The van der Waals surface area contributed by atoms with Gasteiger partial charge < -0.3 is 78.8 Å². The number of anilines is 1. The molecular weight excluding hydrogens is 1240 g/mol. The van der Waals surface area contributed by atoms with Gasteiger partial charge in [0.25, 0.3) is 5.91 Å². The third-order valence-electron chi connectivity index (χ3n) is 13.2. The Kier molecular flexibility index (Phi) is 26.9. The van der Waals surface area contributed by atoms with E-state index in [0.717, 1.165) is 38.7 Å². The van der Waals surface area contributed by atoms with Crippen LogP contribution in [-0.2, 0) is 60.1 Å². The van der Waals surface area contributed by atoms with Crippen molar-refractivity contribution in [2.45, 2.75) is 97.5 Å². The van der Waals surface area contributed by atoms with Gasteiger partial charge >= 0.3 is 35.5 Å². The molecule has 28 nitrogen and oxygen atoms in total. The van der Waals surface area contributed by atoms with Crippen LogP contribution in [0.2, 0.25) is 0 Å². The zero-order valence-electron chi connectivity index (χ0n) is 49.5. The summed E-state index contributed by atoms with van der Waals surface area (Å²) in [5.41, 5.74) is 6.13. The van der Waals surface area contributed by atoms with E-state index in [1.807, 2.05) is 65.8 Å². The van der Waals surface area contributed by atoms with Crippen LogP contribution >= 0.6 is 45.1 Å². The average Bonchev–Trinajstić information content (AvgIpc) is 1.27. The summed E-state index contributed by atoms with van der Waals surface area (Å²) in [5, 5.41) is 23.8. The molecule has 1 fully saturated rings. The number of carboxylic acid groups (broad SMARTS) is 1. The Morgan fingerprint density at radius 2 is 1.53 bits per heavy atom. The van der Waals surface area contributed by atoms with E-state index in [2.05, 4.69) is 34.9 Å². The lowest BCUT2D eigenvalue weighted by atomic mass is 9.88. The van der Waals surface area contributed by atoms with Crippen LogP contribution in [0.4, 0.5) is 10.5 Å². The first-order valence-electron chi connectivity index (χ1n) is 27.7. The lowest BCUT2D eigenvalue weighted by Gasteiger charge is -2.32. The molecule has 482 valence electrons. The van der Waals surface area contributed by atoms with Gasteiger partial charge in [0.1, 0.15) is 29.6 Å². The summed E-state index contributed by atoms with van der Waals surface area (Å²) in [6, 6.07) is 11.7. The Balaban J connectivity index is 0.829. The Hall–Kier alpha value is -4.78. The second-order valence-electron chi connectivity index (χ2n) is 20.6. The van der Waals surface area contributed by atoms with Crippen LogP contribution in [0.15, 0.2) is 63.6 Å². The maximum absolute atomic E-state index is 13.3. The molecule has 2 aromatic carbocycles. The third-order valence-corrected chi connectivity index (χ3v) is 20.0. The van der Waals surface area contributed by atoms with Crippen molar-refractivity contribution in [2.24, 2.45) is 4.99 Å². The summed E-state index contributed by atoms with van der Waals surface area (Å²) in [7, 11) is -14.2. The van der Waals surface area contributed by atoms with Gasteiger partial charge in [0.05, 0.1) is 82.5 Å². The minimum absolute atomic E-state index is 0.0345. The van der Waals surface area contributed by atoms with Gasteiger partial charge in [-0.2, -0.15) is 8.62 Å². The topological polar surface area (TPSA) is 381 Å². The Morgan fingerprint density at radius 1 is 0.851 bits per heavy atom. The first-order chi connectivity index (χ1) is 41.1. The van der Waals surface area contributed by atoms with Crippen LogP contribution in [0.25, 0.3) is 33.4 Å². The van der Waals surface area contributed by atoms with Crippen LogP contribution < -0.4 is 26.6 Å². The number of fused-ring (bicyclic) bond motifs is 2. The SMILES string of the molecule is CC/N=c1/cc2oc3cc(NCC)c(C)cc3c(-c3ccc(C(=O)NCCOCCOCCOCCOCCC(=O)NCC(C)(C)SSCOC4C[C@H](N5C=C(C)C(C)NC5=O)O[C@@H]4COP(=O)(O)OP(=O)(O)OP(=O)(O)O)cc3C(=O)O)c-2cc1C. The number of carbonyl (C=O) groups is 4. The summed E-state index contributed by atoms with van der Waals surface area (Å²) in [4.78, 5) is 94.7. The smallest absolute Gasteiger partial charge is 0.478 e. The van der Waals surface area contributed by atoms with Crippen LogP contribution in [0.5, 0.6) is 0 Å². The number of rotatable bonds is 36. The summed E-state index contributed by atoms with van der Waals surface area (Å²) >= 11 is 0. The first-order valence-corrected chi connectivity index (χ1v) is 34.6. The summed E-state index contributed by atoms with van der Waals surface area (Å²) in [6.07, 6.45) is -1.18. The summed E-state index contributed by atoms with van der Waals surface area (Å²) in [5.74, 6) is -1.29. The van der Waals surface area contributed by atoms with Crippen LogP contribution in [0.1, 0.15) is 86.2 Å². The lowest BCUT2D eigenvalue weighted by Crippen LogP contribution is -2.50. The van der Waals surface area contributed by atoms with Gasteiger partial charge in [-0.15, -0.1) is 0 Å². The fourth-order valence-corrected chi connectivity index (χ4v) is 14.1. The third kappa shape index (κ3) is 22.0. The Morgan fingerprint density at radius 3 is 2.18 bits per heavy atom. The van der Waals surface area contributed by atoms with Crippen molar-refractivity contribution in [3.8, 4) is 22.5 Å². The van der Waals surface area contributed by atoms with E-state index < -0.39 is 71.2 Å². The molecule has 9 N–H and O–H groups in total. The molecule has 4 amide bonds. The molecule has 0 aromatic heterocycles. The molecule has 4 unspecified atom stereocenters. The van der Waals surface area contributed by atoms with Crippen molar-refractivity contribution in [3.05, 3.63) is 81.8 Å². The molecule has 0 spiro atoms. The number of nitrogens with zero attached hydrogens (tertiary/aromatic N) is 2. The number of urea groups is 1. The molecule has 6 rings (SSSR count). The van der Waals surface area contributed by atoms with Gasteiger partial charge in [-0.25, -0.2) is 23.3 Å². The van der Waals surface area contributed by atoms with E-state index in [4.69, 9.17) is 47.1 Å². The first kappa shape index (κ1) is 71.3. The predicted molar refractivity (Wildman–Crippen MR) is 324 cm³/mol. The predicted octanol–water partition coefficient (Wildman–Crippen LogP) is 7.45. The van der Waals surface area contributed by atoms with E-state index >= 15 is 0 Å². The van der Waals surface area contributed by atoms with Gasteiger partial charge in [0.2, 0.25) is 5.91 Å². The second-order valence-corrected chi connectivity index (χ2v) is 27.9. The zero-order valence-corrected chi connectivity index (χ0v) is 53.8. The second kappa shape index (κ2) is 32.8. The standard InChI is InChI=1S/C54H77N6O22P3S2/c1-9-55-42-26-44-40(23-33(42)3)50(41-24-34(4)43(56-10-2)27-45(41)79-44)38-12-11-37(25-39(38)52(63)64)51(62)57-14-16-74-18-20-76-22-21-75-19-17-73-15-13-48(61)58-31-54(7,8)87-86-32-77-46-28-49(60-29-35(5)36(6)59-53(60)65)80-47(46)30-78-84(69,70)82-85(71,72)81-83(66,67)68/h11-12,23-27,29,36,46-47,49,55H,9-10,13-22,28,30-32H2,1-8H3,(H,57,62)(H,58,61)(H,59,65)(H,63,64)(H,69,70)(H,71,72)(H2,66,67,68)/b56-43-/t36?,46?,47-,49-/m1/s1. The minimum Gasteiger partial charge on any atom is -0.478 e. The Labute approximate surface area is 511 Å². The van der Waals surface area contributed by atoms with Gasteiger partial charge in [-0.05, 0) is 102 Å². The number of phosphoric ester groups is 1. The van der Waals surface area contributed by atoms with Crippen LogP contribution in [0, 0.1) is 13.8 Å². The highest BCUT2D eigenvalue weighted by molar-refractivity contribution is 8.77. The van der Waals surface area contributed by atoms with Crippen molar-refractivity contribution in [1.82, 2.24) is 20.9 Å². The molecule has 0 saturated carbocycles. The number of nitrogens with one attached hydrogen (secondary N) is 4. The molecule has 4 aliphatic rings. The molecule has 3 aliphatic heterocycles. The van der Waals surface area contributed by atoms with Crippen molar-refractivity contribution >= 4 is 85.5 Å². The number of hydrogen-bond acceptors (Lipinski definition) is 21. The summed E-state index contributed by atoms with van der Waals surface area (Å²) in [6.45, 7) is 18.2. The monoisotopic (exact) mass is 1320 g/mol. The number of aryl methyl sites for hydroxylation is 2. The van der Waals surface area contributed by atoms with Crippen LogP contribution in [0.3, 0.4) is 0 Å². The number of phosphoric acid groups is 3. The number of carboxylic acids is 1. The van der Waals surface area contributed by atoms with Gasteiger partial charge in [-0.3, -0.25) is 24.0 Å². The molecule has 2 aromatic rings. The van der Waals surface area contributed by atoms with E-state index in [-0.39, 0.29) is 94.6 Å². The van der Waals surface area contributed by atoms with E-state index in [1.54, 1.807) is 32.2 Å². The highest BCUT2D eigenvalue weighted by atomic mass is 33.1. The van der Waals surface area contributed by atoms with Crippen molar-refractivity contribution in [3.63, 3.8) is 0 Å². The molecule has 6 atom stereocenters. The number of carbonyl (C=O) groups excluding carboxylic acids is 3.